The van der Waals surface area contributed by atoms with Gasteiger partial charge in [0.25, 0.3) is 0 Å². The number of anilines is 1. The highest BCUT2D eigenvalue weighted by Gasteiger charge is 2.36. The van der Waals surface area contributed by atoms with Crippen molar-refractivity contribution in [2.75, 3.05) is 11.9 Å². The van der Waals surface area contributed by atoms with Crippen LogP contribution in [0.4, 0.5) is 14.5 Å². The molecule has 1 rings (SSSR count). The molecular formula is C16H24F2N2O. The van der Waals surface area contributed by atoms with Gasteiger partial charge in [-0.05, 0) is 31.4 Å². The number of hydrogen-bond acceptors (Lipinski definition) is 2. The van der Waals surface area contributed by atoms with E-state index in [2.05, 4.69) is 5.32 Å². The summed E-state index contributed by atoms with van der Waals surface area (Å²) in [5.74, 6) is -1.91. The number of carbonyl (C=O) groups excluding carboxylic acids is 1. The van der Waals surface area contributed by atoms with Crippen LogP contribution in [-0.2, 0) is 4.79 Å². The van der Waals surface area contributed by atoms with Crippen LogP contribution in [0.2, 0.25) is 0 Å². The van der Waals surface area contributed by atoms with Crippen molar-refractivity contribution in [3.8, 4) is 0 Å². The SMILES string of the molecule is CCCC(CN)(CCC)C(=O)Nc1c(F)ccc(C)c1F. The van der Waals surface area contributed by atoms with E-state index in [1.54, 1.807) is 0 Å². The van der Waals surface area contributed by atoms with Crippen molar-refractivity contribution in [1.82, 2.24) is 0 Å². The van der Waals surface area contributed by atoms with Gasteiger partial charge in [-0.3, -0.25) is 4.79 Å². The van der Waals surface area contributed by atoms with Crippen molar-refractivity contribution in [3.05, 3.63) is 29.3 Å². The quantitative estimate of drug-likeness (QED) is 0.805. The lowest BCUT2D eigenvalue weighted by Crippen LogP contribution is -2.42. The Morgan fingerprint density at radius 3 is 2.29 bits per heavy atom. The summed E-state index contributed by atoms with van der Waals surface area (Å²) in [6, 6.07) is 2.49. The first kappa shape index (κ1) is 17.6. The van der Waals surface area contributed by atoms with E-state index in [0.29, 0.717) is 12.8 Å². The molecule has 1 amide bonds. The second kappa shape index (κ2) is 7.50. The molecule has 0 bridgehead atoms. The molecule has 0 unspecified atom stereocenters. The summed E-state index contributed by atoms with van der Waals surface area (Å²) >= 11 is 0. The minimum Gasteiger partial charge on any atom is -0.329 e. The Bertz CT molecular complexity index is 497. The maximum absolute atomic E-state index is 14.0. The third-order valence-electron chi connectivity index (χ3n) is 3.85. The predicted octanol–water partition coefficient (Wildman–Crippen LogP) is 3.76. The van der Waals surface area contributed by atoms with Gasteiger partial charge in [0.15, 0.2) is 5.82 Å². The maximum atomic E-state index is 14.0. The summed E-state index contributed by atoms with van der Waals surface area (Å²) in [7, 11) is 0. The second-order valence-electron chi connectivity index (χ2n) is 5.49. The maximum Gasteiger partial charge on any atom is 0.232 e. The molecule has 1 aromatic rings. The van der Waals surface area contributed by atoms with Gasteiger partial charge in [0.05, 0.1) is 5.41 Å². The topological polar surface area (TPSA) is 55.1 Å². The van der Waals surface area contributed by atoms with Gasteiger partial charge >= 0.3 is 0 Å². The first-order valence-corrected chi connectivity index (χ1v) is 7.38. The third kappa shape index (κ3) is 3.79. The number of aryl methyl sites for hydroxylation is 1. The van der Waals surface area contributed by atoms with Crippen LogP contribution in [0.3, 0.4) is 0 Å². The van der Waals surface area contributed by atoms with E-state index >= 15 is 0 Å². The molecule has 5 heteroatoms. The molecule has 0 aliphatic rings. The number of rotatable bonds is 7. The number of carbonyl (C=O) groups is 1. The summed E-state index contributed by atoms with van der Waals surface area (Å²) < 4.78 is 27.8. The van der Waals surface area contributed by atoms with Crippen molar-refractivity contribution < 1.29 is 13.6 Å². The first-order valence-electron chi connectivity index (χ1n) is 7.38. The molecule has 21 heavy (non-hydrogen) atoms. The molecule has 3 nitrogen and oxygen atoms in total. The molecule has 3 N–H and O–H groups in total. The highest BCUT2D eigenvalue weighted by molar-refractivity contribution is 5.95. The number of benzene rings is 1. The van der Waals surface area contributed by atoms with E-state index < -0.39 is 23.0 Å². The Morgan fingerprint density at radius 2 is 1.81 bits per heavy atom. The van der Waals surface area contributed by atoms with Crippen LogP contribution in [-0.4, -0.2) is 12.5 Å². The van der Waals surface area contributed by atoms with E-state index in [-0.39, 0.29) is 17.8 Å². The summed E-state index contributed by atoms with van der Waals surface area (Å²) in [5, 5.41) is 2.41. The van der Waals surface area contributed by atoms with E-state index in [1.807, 2.05) is 13.8 Å². The van der Waals surface area contributed by atoms with Gasteiger partial charge in [0, 0.05) is 6.54 Å². The highest BCUT2D eigenvalue weighted by Crippen LogP contribution is 2.32. The molecule has 0 radical (unpaired) electrons. The van der Waals surface area contributed by atoms with Gasteiger partial charge in [-0.1, -0.05) is 32.8 Å². The second-order valence-corrected chi connectivity index (χ2v) is 5.49. The van der Waals surface area contributed by atoms with Crippen LogP contribution < -0.4 is 11.1 Å². The molecule has 0 saturated heterocycles. The average molecular weight is 298 g/mol. The summed E-state index contributed by atoms with van der Waals surface area (Å²) in [4.78, 5) is 12.5. The van der Waals surface area contributed by atoms with Crippen molar-refractivity contribution in [3.63, 3.8) is 0 Å². The lowest BCUT2D eigenvalue weighted by atomic mass is 9.78. The highest BCUT2D eigenvalue weighted by atomic mass is 19.1. The number of nitrogens with two attached hydrogens (primary N) is 1. The lowest BCUT2D eigenvalue weighted by molar-refractivity contribution is -0.126. The molecule has 0 aliphatic heterocycles. The van der Waals surface area contributed by atoms with Crippen LogP contribution in [0.5, 0.6) is 0 Å². The van der Waals surface area contributed by atoms with E-state index in [0.717, 1.165) is 18.9 Å². The molecule has 0 aliphatic carbocycles. The number of nitrogens with one attached hydrogen (secondary N) is 1. The zero-order chi connectivity index (χ0) is 16.0. The van der Waals surface area contributed by atoms with Gasteiger partial charge in [0.2, 0.25) is 5.91 Å². The summed E-state index contributed by atoms with van der Waals surface area (Å²) in [6.45, 7) is 5.61. The lowest BCUT2D eigenvalue weighted by Gasteiger charge is -2.30. The van der Waals surface area contributed by atoms with Crippen molar-refractivity contribution in [2.45, 2.75) is 46.5 Å². The summed E-state index contributed by atoms with van der Waals surface area (Å²) in [6.07, 6.45) is 2.75. The molecule has 0 saturated carbocycles. The van der Waals surface area contributed by atoms with E-state index in [1.165, 1.54) is 13.0 Å². The zero-order valence-corrected chi connectivity index (χ0v) is 12.9. The fourth-order valence-electron chi connectivity index (χ4n) is 2.62. The largest absolute Gasteiger partial charge is 0.329 e. The molecule has 0 fully saturated rings. The number of hydrogen-bond donors (Lipinski definition) is 2. The van der Waals surface area contributed by atoms with Gasteiger partial charge in [0.1, 0.15) is 11.5 Å². The zero-order valence-electron chi connectivity index (χ0n) is 12.9. The number of amides is 1. The molecular weight excluding hydrogens is 274 g/mol. The predicted molar refractivity (Wildman–Crippen MR) is 81.0 cm³/mol. The molecule has 1 aromatic carbocycles. The smallest absolute Gasteiger partial charge is 0.232 e. The Balaban J connectivity index is 3.10. The standard InChI is InChI=1S/C16H24F2N2O/c1-4-8-16(10-19,9-5-2)15(21)20-14-12(17)7-6-11(3)13(14)18/h6-7H,4-5,8-10,19H2,1-3H3,(H,20,21). The van der Waals surface area contributed by atoms with Crippen molar-refractivity contribution in [2.24, 2.45) is 11.1 Å². The van der Waals surface area contributed by atoms with Crippen molar-refractivity contribution in [1.29, 1.82) is 0 Å². The number of halogens is 2. The minimum atomic E-state index is -0.773. The Hall–Kier alpha value is -1.49. The molecule has 0 atom stereocenters. The van der Waals surface area contributed by atoms with Gasteiger partial charge < -0.3 is 11.1 Å². The summed E-state index contributed by atoms with van der Waals surface area (Å²) in [5.41, 5.74) is 4.92. The minimum absolute atomic E-state index is 0.162. The Morgan fingerprint density at radius 1 is 1.24 bits per heavy atom. The van der Waals surface area contributed by atoms with Crippen LogP contribution in [0.25, 0.3) is 0 Å². The van der Waals surface area contributed by atoms with Crippen molar-refractivity contribution >= 4 is 11.6 Å². The third-order valence-corrected chi connectivity index (χ3v) is 3.85. The van der Waals surface area contributed by atoms with Gasteiger partial charge in [-0.15, -0.1) is 0 Å². The van der Waals surface area contributed by atoms with Crippen LogP contribution in [0.1, 0.15) is 45.1 Å². The fraction of sp³-hybridized carbons (Fsp3) is 0.562. The van der Waals surface area contributed by atoms with E-state index in [9.17, 15) is 13.6 Å². The van der Waals surface area contributed by atoms with Crippen LogP contribution in [0.15, 0.2) is 12.1 Å². The van der Waals surface area contributed by atoms with Gasteiger partial charge in [-0.2, -0.15) is 0 Å². The molecule has 0 aromatic heterocycles. The average Bonchev–Trinajstić information content (AvgIpc) is 2.47. The van der Waals surface area contributed by atoms with Crippen LogP contribution in [0, 0.1) is 24.0 Å². The first-order chi connectivity index (χ1) is 9.91. The fourth-order valence-corrected chi connectivity index (χ4v) is 2.62. The van der Waals surface area contributed by atoms with Crippen LogP contribution >= 0.6 is 0 Å². The van der Waals surface area contributed by atoms with Gasteiger partial charge in [-0.25, -0.2) is 8.78 Å². The monoisotopic (exact) mass is 298 g/mol. The Labute approximate surface area is 124 Å². The normalized spacial score (nSPS) is 11.5. The molecule has 0 heterocycles. The molecule has 118 valence electrons. The molecule has 0 spiro atoms. The van der Waals surface area contributed by atoms with E-state index in [4.69, 9.17) is 5.73 Å². The Kier molecular flexibility index (Phi) is 6.27.